The lowest BCUT2D eigenvalue weighted by atomic mass is 10.2. The highest BCUT2D eigenvalue weighted by Gasteiger charge is 2.30. The van der Waals surface area contributed by atoms with Gasteiger partial charge in [0.1, 0.15) is 16.8 Å². The van der Waals surface area contributed by atoms with Crippen LogP contribution in [0.1, 0.15) is 18.7 Å². The largest absolute Gasteiger partial charge is 0.368 e. The predicted molar refractivity (Wildman–Crippen MR) is 114 cm³/mol. The lowest BCUT2D eigenvalue weighted by Gasteiger charge is -2.35. The third-order valence-corrected chi connectivity index (χ3v) is 7.32. The Labute approximate surface area is 175 Å². The van der Waals surface area contributed by atoms with E-state index in [-0.39, 0.29) is 17.6 Å². The van der Waals surface area contributed by atoms with Gasteiger partial charge in [0.25, 0.3) is 11.5 Å². The number of rotatable bonds is 4. The maximum atomic E-state index is 12.7. The summed E-state index contributed by atoms with van der Waals surface area (Å²) in [5.41, 5.74) is 0.878. The number of amides is 1. The number of aromatic amines is 1. The maximum Gasteiger partial charge on any atom is 0.260 e. The van der Waals surface area contributed by atoms with Crippen molar-refractivity contribution in [2.45, 2.75) is 25.5 Å². The van der Waals surface area contributed by atoms with E-state index in [1.807, 2.05) is 27.8 Å². The van der Waals surface area contributed by atoms with Crippen LogP contribution in [0.25, 0.3) is 20.7 Å². The molecule has 5 heterocycles. The fourth-order valence-corrected chi connectivity index (χ4v) is 5.78. The number of H-pyrrole nitrogens is 1. The van der Waals surface area contributed by atoms with Crippen LogP contribution in [0.15, 0.2) is 27.7 Å². The number of hydrogen-bond acceptors (Lipinski definition) is 7. The molecule has 0 aromatic carbocycles. The van der Waals surface area contributed by atoms with Crippen LogP contribution in [-0.2, 0) is 16.1 Å². The van der Waals surface area contributed by atoms with Crippen molar-refractivity contribution in [2.75, 3.05) is 32.8 Å². The van der Waals surface area contributed by atoms with Gasteiger partial charge in [0.15, 0.2) is 0 Å². The fraction of sp³-hybridized carbons (Fsp3) is 0.450. The van der Waals surface area contributed by atoms with Crippen LogP contribution in [0.3, 0.4) is 0 Å². The molecule has 1 N–H and O–H groups in total. The topological polar surface area (TPSA) is 78.5 Å². The van der Waals surface area contributed by atoms with Gasteiger partial charge in [-0.15, -0.1) is 22.7 Å². The molecule has 7 nitrogen and oxygen atoms in total. The van der Waals surface area contributed by atoms with Crippen LogP contribution in [0.5, 0.6) is 0 Å². The monoisotopic (exact) mass is 430 g/mol. The summed E-state index contributed by atoms with van der Waals surface area (Å²) >= 11 is 3.14. The molecule has 3 aromatic heterocycles. The number of nitrogens with zero attached hydrogens (tertiary/aromatic N) is 3. The third-order valence-electron chi connectivity index (χ3n) is 5.54. The molecule has 1 amide bonds. The Morgan fingerprint density at radius 2 is 2.14 bits per heavy atom. The highest BCUT2D eigenvalue weighted by atomic mass is 32.1. The summed E-state index contributed by atoms with van der Waals surface area (Å²) in [4.78, 5) is 38.9. The number of aromatic nitrogens is 2. The number of carbonyl (C=O) groups excluding carboxylic acids is 1. The zero-order chi connectivity index (χ0) is 19.8. The molecule has 0 bridgehead atoms. The van der Waals surface area contributed by atoms with Crippen molar-refractivity contribution in [1.29, 1.82) is 0 Å². The predicted octanol–water partition coefficient (Wildman–Crippen LogP) is 2.54. The molecule has 2 saturated heterocycles. The van der Waals surface area contributed by atoms with Crippen LogP contribution in [0, 0.1) is 0 Å². The normalized spacial score (nSPS) is 20.6. The Bertz CT molecular complexity index is 1060. The van der Waals surface area contributed by atoms with E-state index in [0.29, 0.717) is 37.5 Å². The van der Waals surface area contributed by atoms with E-state index in [0.717, 1.165) is 41.2 Å². The number of ether oxygens (including phenoxy) is 1. The third kappa shape index (κ3) is 3.75. The van der Waals surface area contributed by atoms with E-state index in [9.17, 15) is 9.59 Å². The quantitative estimate of drug-likeness (QED) is 0.688. The average molecular weight is 431 g/mol. The van der Waals surface area contributed by atoms with Crippen molar-refractivity contribution >= 4 is 38.8 Å². The molecule has 9 heteroatoms. The molecule has 0 spiro atoms. The molecule has 2 fully saturated rings. The number of nitrogens with one attached hydrogen (secondary N) is 1. The van der Waals surface area contributed by atoms with Crippen molar-refractivity contribution < 1.29 is 9.53 Å². The SMILES string of the molecule is O=C([C@@H]1CCCO1)N1CCN(Cc2nc3scc(-c4cccs4)c3c(=O)[nH]2)CC1. The van der Waals surface area contributed by atoms with Gasteiger partial charge in [0.2, 0.25) is 0 Å². The first-order valence-corrected chi connectivity index (χ1v) is 11.6. The molecular weight excluding hydrogens is 408 g/mol. The number of fused-ring (bicyclic) bond motifs is 1. The molecule has 0 saturated carbocycles. The van der Waals surface area contributed by atoms with Gasteiger partial charge in [-0.1, -0.05) is 6.07 Å². The molecule has 0 aliphatic carbocycles. The molecule has 2 aliphatic rings. The number of hydrogen-bond donors (Lipinski definition) is 1. The molecule has 3 aromatic rings. The second-order valence-electron chi connectivity index (χ2n) is 7.42. The summed E-state index contributed by atoms with van der Waals surface area (Å²) in [5, 5.41) is 4.70. The summed E-state index contributed by atoms with van der Waals surface area (Å²) in [5.74, 6) is 0.802. The van der Waals surface area contributed by atoms with Crippen LogP contribution >= 0.6 is 22.7 Å². The minimum Gasteiger partial charge on any atom is -0.368 e. The highest BCUT2D eigenvalue weighted by molar-refractivity contribution is 7.18. The Morgan fingerprint density at radius 3 is 2.86 bits per heavy atom. The average Bonchev–Trinajstić information content (AvgIpc) is 3.48. The second-order valence-corrected chi connectivity index (χ2v) is 9.23. The van der Waals surface area contributed by atoms with Crippen molar-refractivity contribution in [2.24, 2.45) is 0 Å². The smallest absolute Gasteiger partial charge is 0.260 e. The molecule has 29 heavy (non-hydrogen) atoms. The lowest BCUT2D eigenvalue weighted by molar-refractivity contribution is -0.142. The zero-order valence-electron chi connectivity index (χ0n) is 15.9. The van der Waals surface area contributed by atoms with Crippen LogP contribution in [0.4, 0.5) is 0 Å². The first kappa shape index (κ1) is 18.9. The molecule has 1 atom stereocenters. The Morgan fingerprint density at radius 1 is 1.28 bits per heavy atom. The minimum absolute atomic E-state index is 0.0816. The number of thiophene rings is 2. The molecule has 0 radical (unpaired) electrons. The van der Waals surface area contributed by atoms with Crippen LogP contribution in [-0.4, -0.2) is 64.6 Å². The van der Waals surface area contributed by atoms with Crippen molar-refractivity contribution in [1.82, 2.24) is 19.8 Å². The van der Waals surface area contributed by atoms with Gasteiger partial charge < -0.3 is 14.6 Å². The van der Waals surface area contributed by atoms with E-state index in [4.69, 9.17) is 9.72 Å². The van der Waals surface area contributed by atoms with Gasteiger partial charge in [-0.2, -0.15) is 0 Å². The fourth-order valence-electron chi connectivity index (χ4n) is 4.00. The Hall–Kier alpha value is -2.07. The van der Waals surface area contributed by atoms with E-state index >= 15 is 0 Å². The zero-order valence-corrected chi connectivity index (χ0v) is 17.6. The molecular formula is C20H22N4O3S2. The van der Waals surface area contributed by atoms with Gasteiger partial charge in [-0.3, -0.25) is 14.5 Å². The lowest BCUT2D eigenvalue weighted by Crippen LogP contribution is -2.51. The highest BCUT2D eigenvalue weighted by Crippen LogP contribution is 2.33. The summed E-state index contributed by atoms with van der Waals surface area (Å²) in [7, 11) is 0. The van der Waals surface area contributed by atoms with Crippen molar-refractivity contribution in [3.05, 3.63) is 39.1 Å². The standard InChI is InChI=1S/C20H22N4O3S2/c25-18-17-13(15-4-2-10-28-15)12-29-19(17)22-16(21-18)11-23-5-7-24(8-6-23)20(26)14-3-1-9-27-14/h2,4,10,12,14H,1,3,5-9,11H2,(H,21,22,25)/t14-/m0/s1. The van der Waals surface area contributed by atoms with Crippen LogP contribution in [0.2, 0.25) is 0 Å². The van der Waals surface area contributed by atoms with E-state index in [1.54, 1.807) is 11.3 Å². The second kappa shape index (κ2) is 7.98. The molecule has 0 unspecified atom stereocenters. The molecule has 5 rings (SSSR count). The van der Waals surface area contributed by atoms with E-state index in [2.05, 4.69) is 9.88 Å². The Balaban J connectivity index is 1.27. The van der Waals surface area contributed by atoms with Gasteiger partial charge in [-0.25, -0.2) is 4.98 Å². The van der Waals surface area contributed by atoms with E-state index < -0.39 is 0 Å². The van der Waals surface area contributed by atoms with E-state index in [1.165, 1.54) is 11.3 Å². The first-order valence-electron chi connectivity index (χ1n) is 9.86. The van der Waals surface area contributed by atoms with Gasteiger partial charge in [-0.05, 0) is 24.3 Å². The first-order chi connectivity index (χ1) is 14.2. The van der Waals surface area contributed by atoms with Crippen molar-refractivity contribution in [3.63, 3.8) is 0 Å². The van der Waals surface area contributed by atoms with Crippen molar-refractivity contribution in [3.8, 4) is 10.4 Å². The van der Waals surface area contributed by atoms with Gasteiger partial charge in [0, 0.05) is 48.6 Å². The van der Waals surface area contributed by atoms with Crippen LogP contribution < -0.4 is 5.56 Å². The maximum absolute atomic E-state index is 12.7. The molecule has 152 valence electrons. The van der Waals surface area contributed by atoms with Gasteiger partial charge >= 0.3 is 0 Å². The summed E-state index contributed by atoms with van der Waals surface area (Å²) in [6.45, 7) is 4.18. The van der Waals surface area contributed by atoms with Gasteiger partial charge in [0.05, 0.1) is 11.9 Å². The Kier molecular flexibility index (Phi) is 5.21. The summed E-state index contributed by atoms with van der Waals surface area (Å²) < 4.78 is 5.52. The minimum atomic E-state index is -0.252. The number of piperazine rings is 1. The summed E-state index contributed by atoms with van der Waals surface area (Å²) in [6.07, 6.45) is 1.55. The molecule has 2 aliphatic heterocycles. The number of carbonyl (C=O) groups is 1. The summed E-state index contributed by atoms with van der Waals surface area (Å²) in [6, 6.07) is 4.01.